The number of aryl methyl sites for hydroxylation is 2. The molecule has 0 radical (unpaired) electrons. The maximum atomic E-state index is 11.1. The van der Waals surface area contributed by atoms with Gasteiger partial charge in [-0.1, -0.05) is 0 Å². The van der Waals surface area contributed by atoms with E-state index in [1.807, 2.05) is 12.3 Å². The molecule has 0 aliphatic rings. The Morgan fingerprint density at radius 3 is 2.63 bits per heavy atom. The van der Waals surface area contributed by atoms with E-state index in [0.29, 0.717) is 16.7 Å². The average molecular weight is 297 g/mol. The molecule has 0 spiro atoms. The second-order valence-corrected chi connectivity index (χ2v) is 5.74. The van der Waals surface area contributed by atoms with Crippen molar-refractivity contribution in [3.05, 3.63) is 26.9 Å². The molecule has 0 saturated carbocycles. The van der Waals surface area contributed by atoms with E-state index in [-0.39, 0.29) is 5.69 Å². The van der Waals surface area contributed by atoms with E-state index in [1.54, 1.807) is 14.0 Å². The summed E-state index contributed by atoms with van der Waals surface area (Å²) >= 11 is 2.61. The molecular weight excluding hydrogens is 286 g/mol. The number of anilines is 1. The van der Waals surface area contributed by atoms with Crippen LogP contribution in [-0.4, -0.2) is 26.9 Å². The number of rotatable bonds is 4. The molecule has 0 aromatic carbocycles. The Balaban J connectivity index is 2.47. The number of thiazole rings is 1. The number of nitrogens with one attached hydrogen (secondary N) is 1. The topological polar surface area (TPSA) is 93.8 Å². The van der Waals surface area contributed by atoms with Crippen molar-refractivity contribution in [2.45, 2.75) is 23.2 Å². The van der Waals surface area contributed by atoms with Crippen molar-refractivity contribution >= 4 is 34.7 Å². The van der Waals surface area contributed by atoms with Crippen LogP contribution >= 0.6 is 23.1 Å². The van der Waals surface area contributed by atoms with Crippen LogP contribution in [0.3, 0.4) is 0 Å². The fourth-order valence-corrected chi connectivity index (χ4v) is 3.30. The van der Waals surface area contributed by atoms with Gasteiger partial charge in [0.25, 0.3) is 0 Å². The molecule has 0 aliphatic heterocycles. The molecule has 9 heteroatoms. The maximum absolute atomic E-state index is 11.1. The van der Waals surface area contributed by atoms with Crippen LogP contribution in [0.1, 0.15) is 11.4 Å². The number of nitrogens with zero attached hydrogens (tertiary/aromatic N) is 4. The maximum Gasteiger partial charge on any atom is 0.322 e. The first kappa shape index (κ1) is 13.7. The van der Waals surface area contributed by atoms with Gasteiger partial charge >= 0.3 is 5.69 Å². The van der Waals surface area contributed by atoms with E-state index in [2.05, 4.69) is 20.3 Å². The molecule has 1 N–H and O–H groups in total. The third-order valence-corrected chi connectivity index (χ3v) is 4.25. The molecule has 7 nitrogen and oxygen atoms in total. The highest BCUT2D eigenvalue weighted by atomic mass is 32.2. The van der Waals surface area contributed by atoms with Gasteiger partial charge in [0.15, 0.2) is 9.37 Å². The molecule has 2 heterocycles. The summed E-state index contributed by atoms with van der Waals surface area (Å²) in [6.45, 7) is 3.47. The summed E-state index contributed by atoms with van der Waals surface area (Å²) < 4.78 is 0.723. The zero-order chi connectivity index (χ0) is 14.0. The average Bonchev–Trinajstić information content (AvgIpc) is 2.73. The summed E-state index contributed by atoms with van der Waals surface area (Å²) in [6.07, 6.45) is 0. The van der Waals surface area contributed by atoms with Crippen molar-refractivity contribution in [3.8, 4) is 0 Å². The molecular formula is C10H11N5O2S2. The molecule has 0 aliphatic carbocycles. The molecule has 100 valence electrons. The smallest absolute Gasteiger partial charge is 0.322 e. The Morgan fingerprint density at radius 2 is 2.11 bits per heavy atom. The highest BCUT2D eigenvalue weighted by Gasteiger charge is 2.23. The summed E-state index contributed by atoms with van der Waals surface area (Å²) in [7, 11) is 1.67. The molecule has 0 atom stereocenters. The summed E-state index contributed by atoms with van der Waals surface area (Å²) in [5.74, 6) is 0.360. The third kappa shape index (κ3) is 2.99. The van der Waals surface area contributed by atoms with Crippen LogP contribution in [0.4, 0.5) is 11.6 Å². The standard InChI is InChI=1S/C10H11N5O2S2/c1-5-4-18-10(12-5)19-8-7(15(16)17)6(2)13-9(11-3)14-8/h4H,1-3H3,(H,11,13,14). The van der Waals surface area contributed by atoms with E-state index in [4.69, 9.17) is 0 Å². The lowest BCUT2D eigenvalue weighted by atomic mass is 10.4. The molecule has 19 heavy (non-hydrogen) atoms. The predicted molar refractivity (Wildman–Crippen MR) is 73.9 cm³/mol. The Labute approximate surface area is 117 Å². The molecule has 0 bridgehead atoms. The van der Waals surface area contributed by atoms with Gasteiger partial charge in [0, 0.05) is 18.1 Å². The van der Waals surface area contributed by atoms with Gasteiger partial charge in [0.1, 0.15) is 5.69 Å². The van der Waals surface area contributed by atoms with E-state index in [9.17, 15) is 10.1 Å². The van der Waals surface area contributed by atoms with Crippen LogP contribution in [0.2, 0.25) is 0 Å². The molecule has 0 unspecified atom stereocenters. The number of hydrogen-bond donors (Lipinski definition) is 1. The lowest BCUT2D eigenvalue weighted by Crippen LogP contribution is -2.04. The Kier molecular flexibility index (Phi) is 3.96. The van der Waals surface area contributed by atoms with Crippen LogP contribution in [0, 0.1) is 24.0 Å². The van der Waals surface area contributed by atoms with Crippen molar-refractivity contribution in [1.82, 2.24) is 15.0 Å². The van der Waals surface area contributed by atoms with Crippen LogP contribution in [0.5, 0.6) is 0 Å². The first-order valence-corrected chi connectivity index (χ1v) is 7.01. The Bertz CT molecular complexity index is 628. The summed E-state index contributed by atoms with van der Waals surface area (Å²) in [6, 6.07) is 0. The lowest BCUT2D eigenvalue weighted by Gasteiger charge is -2.05. The van der Waals surface area contributed by atoms with Crippen LogP contribution in [0.15, 0.2) is 14.7 Å². The van der Waals surface area contributed by atoms with Crippen LogP contribution < -0.4 is 5.32 Å². The number of aromatic nitrogens is 3. The minimum atomic E-state index is -0.461. The van der Waals surface area contributed by atoms with Gasteiger partial charge in [0.05, 0.1) is 4.92 Å². The summed E-state index contributed by atoms with van der Waals surface area (Å²) in [5, 5.41) is 16.1. The zero-order valence-electron chi connectivity index (χ0n) is 10.5. The second kappa shape index (κ2) is 5.49. The zero-order valence-corrected chi connectivity index (χ0v) is 12.1. The Hall–Kier alpha value is -1.74. The van der Waals surface area contributed by atoms with Crippen molar-refractivity contribution < 1.29 is 4.92 Å². The van der Waals surface area contributed by atoms with Crippen LogP contribution in [0.25, 0.3) is 0 Å². The highest BCUT2D eigenvalue weighted by molar-refractivity contribution is 8.01. The lowest BCUT2D eigenvalue weighted by molar-refractivity contribution is -0.389. The van der Waals surface area contributed by atoms with Crippen molar-refractivity contribution in [1.29, 1.82) is 0 Å². The van der Waals surface area contributed by atoms with Gasteiger partial charge in [0.2, 0.25) is 5.95 Å². The van der Waals surface area contributed by atoms with Gasteiger partial charge in [-0.2, -0.15) is 4.98 Å². The SMILES string of the molecule is CNc1nc(C)c([N+](=O)[O-])c(Sc2nc(C)cs2)n1. The molecule has 0 saturated heterocycles. The molecule has 2 aromatic rings. The minimum absolute atomic E-state index is 0.0724. The van der Waals surface area contributed by atoms with Gasteiger partial charge < -0.3 is 5.32 Å². The quantitative estimate of drug-likeness (QED) is 0.526. The summed E-state index contributed by atoms with van der Waals surface area (Å²) in [5.41, 5.74) is 1.15. The normalized spacial score (nSPS) is 10.5. The van der Waals surface area contributed by atoms with E-state index >= 15 is 0 Å². The molecule has 0 fully saturated rings. The monoisotopic (exact) mass is 297 g/mol. The van der Waals surface area contributed by atoms with Crippen molar-refractivity contribution in [2.24, 2.45) is 0 Å². The number of hydrogen-bond acceptors (Lipinski definition) is 8. The minimum Gasteiger partial charge on any atom is -0.357 e. The second-order valence-electron chi connectivity index (χ2n) is 3.65. The highest BCUT2D eigenvalue weighted by Crippen LogP contribution is 2.36. The van der Waals surface area contributed by atoms with Crippen molar-refractivity contribution in [3.63, 3.8) is 0 Å². The van der Waals surface area contributed by atoms with Crippen molar-refractivity contribution in [2.75, 3.05) is 12.4 Å². The first-order valence-electron chi connectivity index (χ1n) is 5.32. The van der Waals surface area contributed by atoms with Gasteiger partial charge in [-0.3, -0.25) is 10.1 Å². The number of nitro groups is 1. The Morgan fingerprint density at radius 1 is 1.37 bits per heavy atom. The van der Waals surface area contributed by atoms with E-state index in [0.717, 1.165) is 10.0 Å². The van der Waals surface area contributed by atoms with E-state index in [1.165, 1.54) is 23.1 Å². The molecule has 2 rings (SSSR count). The predicted octanol–water partition coefficient (Wildman–Crippen LogP) is 2.65. The third-order valence-electron chi connectivity index (χ3n) is 2.21. The summed E-state index contributed by atoms with van der Waals surface area (Å²) in [4.78, 5) is 23.1. The molecule has 0 amide bonds. The molecule has 2 aromatic heterocycles. The van der Waals surface area contributed by atoms with Crippen LogP contribution in [-0.2, 0) is 0 Å². The fraction of sp³-hybridized carbons (Fsp3) is 0.300. The van der Waals surface area contributed by atoms with E-state index < -0.39 is 4.92 Å². The van der Waals surface area contributed by atoms with Gasteiger partial charge in [-0.05, 0) is 25.6 Å². The van der Waals surface area contributed by atoms with Gasteiger partial charge in [-0.15, -0.1) is 11.3 Å². The fourth-order valence-electron chi connectivity index (χ4n) is 1.40. The first-order chi connectivity index (χ1) is 9.01. The largest absolute Gasteiger partial charge is 0.357 e. The van der Waals surface area contributed by atoms with Gasteiger partial charge in [-0.25, -0.2) is 9.97 Å².